The lowest BCUT2D eigenvalue weighted by Gasteiger charge is -2.25. The van der Waals surface area contributed by atoms with Gasteiger partial charge in [-0.05, 0) is 62.4 Å². The zero-order valence-corrected chi connectivity index (χ0v) is 20.2. The number of hydrogen-bond donors (Lipinski definition) is 3. The predicted octanol–water partition coefficient (Wildman–Crippen LogP) is 3.75. The van der Waals surface area contributed by atoms with Crippen LogP contribution in [-0.2, 0) is 6.42 Å². The summed E-state index contributed by atoms with van der Waals surface area (Å²) in [5, 5.41) is 8.29. The molecule has 2 aromatic heterocycles. The minimum absolute atomic E-state index is 0.262. The Balaban J connectivity index is 1.75. The van der Waals surface area contributed by atoms with Crippen LogP contribution in [0.5, 0.6) is 11.6 Å². The number of halogens is 1. The summed E-state index contributed by atoms with van der Waals surface area (Å²) in [6.07, 6.45) is 4.16. The van der Waals surface area contributed by atoms with Gasteiger partial charge in [-0.1, -0.05) is 0 Å². The van der Waals surface area contributed by atoms with E-state index in [0.29, 0.717) is 35.2 Å². The third kappa shape index (κ3) is 4.68. The number of benzene rings is 1. The van der Waals surface area contributed by atoms with Gasteiger partial charge in [0.05, 0.1) is 18.5 Å². The van der Waals surface area contributed by atoms with Gasteiger partial charge < -0.3 is 26.3 Å². The SMILES string of the molecule is COc1cc2n(n1)-c1ccc(F)cc1[C@@H](C)Oc1cc(cnc1N)/C(NCC1CC1)=C(/C(C)N)C2. The maximum absolute atomic E-state index is 14.4. The van der Waals surface area contributed by atoms with Gasteiger partial charge in [-0.15, -0.1) is 5.10 Å². The first-order valence-electron chi connectivity index (χ1n) is 11.9. The van der Waals surface area contributed by atoms with Crippen molar-refractivity contribution in [2.45, 2.75) is 45.3 Å². The maximum atomic E-state index is 14.4. The summed E-state index contributed by atoms with van der Waals surface area (Å²) in [6.45, 7) is 4.67. The predicted molar refractivity (Wildman–Crippen MR) is 133 cm³/mol. The molecule has 1 saturated carbocycles. The van der Waals surface area contributed by atoms with Crippen LogP contribution in [0.25, 0.3) is 11.4 Å². The van der Waals surface area contributed by atoms with E-state index in [9.17, 15) is 4.39 Å². The quantitative estimate of drug-likeness (QED) is 0.512. The molecule has 3 aromatic rings. The number of ether oxygens (including phenoxy) is 2. The summed E-state index contributed by atoms with van der Waals surface area (Å²) in [4.78, 5) is 4.41. The molecule has 9 heteroatoms. The topological polar surface area (TPSA) is 113 Å². The summed E-state index contributed by atoms with van der Waals surface area (Å²) >= 11 is 0. The Bertz CT molecular complexity index is 1280. The van der Waals surface area contributed by atoms with E-state index in [1.807, 2.05) is 26.0 Å². The number of rotatable bonds is 5. The van der Waals surface area contributed by atoms with Gasteiger partial charge in [0.15, 0.2) is 11.6 Å². The lowest BCUT2D eigenvalue weighted by molar-refractivity contribution is 0.226. The van der Waals surface area contributed by atoms with Crippen molar-refractivity contribution >= 4 is 11.5 Å². The monoisotopic (exact) mass is 478 g/mol. The van der Waals surface area contributed by atoms with Gasteiger partial charge in [0.25, 0.3) is 0 Å². The molecule has 5 N–H and O–H groups in total. The van der Waals surface area contributed by atoms with Crippen LogP contribution in [0.15, 0.2) is 42.1 Å². The molecule has 1 fully saturated rings. The Morgan fingerprint density at radius 1 is 1.29 bits per heavy atom. The highest BCUT2D eigenvalue weighted by molar-refractivity contribution is 5.71. The second-order valence-corrected chi connectivity index (χ2v) is 9.35. The van der Waals surface area contributed by atoms with Crippen LogP contribution < -0.4 is 26.3 Å². The number of nitrogens with two attached hydrogens (primary N) is 2. The zero-order valence-electron chi connectivity index (χ0n) is 20.2. The first kappa shape index (κ1) is 23.2. The smallest absolute Gasteiger partial charge is 0.233 e. The minimum atomic E-state index is -0.526. The van der Waals surface area contributed by atoms with Gasteiger partial charge in [-0.25, -0.2) is 14.1 Å². The van der Waals surface area contributed by atoms with Crippen LogP contribution in [0.4, 0.5) is 10.2 Å². The minimum Gasteiger partial charge on any atom is -0.482 e. The zero-order chi connectivity index (χ0) is 24.7. The Labute approximate surface area is 204 Å². The highest BCUT2D eigenvalue weighted by Crippen LogP contribution is 2.35. The average Bonchev–Trinajstić information content (AvgIpc) is 3.57. The van der Waals surface area contributed by atoms with Crippen LogP contribution in [0.1, 0.15) is 49.6 Å². The van der Waals surface area contributed by atoms with E-state index in [-0.39, 0.29) is 17.7 Å². The molecular formula is C26H31FN6O2. The molecular weight excluding hydrogens is 447 g/mol. The molecule has 1 aliphatic heterocycles. The van der Waals surface area contributed by atoms with Crippen molar-refractivity contribution in [3.05, 3.63) is 64.7 Å². The molecule has 8 nitrogen and oxygen atoms in total. The molecule has 0 radical (unpaired) electrons. The molecule has 2 atom stereocenters. The summed E-state index contributed by atoms with van der Waals surface area (Å²) in [7, 11) is 1.58. The summed E-state index contributed by atoms with van der Waals surface area (Å²) in [6, 6.07) is 8.08. The number of fused-ring (bicyclic) bond motifs is 5. The Morgan fingerprint density at radius 3 is 2.80 bits per heavy atom. The number of hydrogen-bond acceptors (Lipinski definition) is 7. The van der Waals surface area contributed by atoms with E-state index in [0.717, 1.165) is 29.1 Å². The molecule has 0 saturated heterocycles. The number of pyridine rings is 1. The molecule has 184 valence electrons. The first-order chi connectivity index (χ1) is 16.8. The molecule has 0 spiro atoms. The van der Waals surface area contributed by atoms with Crippen LogP contribution in [0.2, 0.25) is 0 Å². The fourth-order valence-electron chi connectivity index (χ4n) is 4.46. The summed E-state index contributed by atoms with van der Waals surface area (Å²) in [5.74, 6) is 1.44. The van der Waals surface area contributed by atoms with E-state index in [4.69, 9.17) is 20.9 Å². The van der Waals surface area contributed by atoms with Crippen molar-refractivity contribution in [3.63, 3.8) is 0 Å². The van der Waals surface area contributed by atoms with Crippen molar-refractivity contribution < 1.29 is 13.9 Å². The van der Waals surface area contributed by atoms with Gasteiger partial charge >= 0.3 is 0 Å². The molecule has 0 amide bonds. The van der Waals surface area contributed by atoms with E-state index in [1.54, 1.807) is 24.1 Å². The molecule has 5 rings (SSSR count). The highest BCUT2D eigenvalue weighted by atomic mass is 19.1. The molecule has 1 unspecified atom stereocenters. The largest absolute Gasteiger partial charge is 0.482 e. The van der Waals surface area contributed by atoms with Crippen molar-refractivity contribution in [1.82, 2.24) is 20.1 Å². The van der Waals surface area contributed by atoms with E-state index in [1.165, 1.54) is 25.0 Å². The van der Waals surface area contributed by atoms with Gasteiger partial charge in [-0.2, -0.15) is 0 Å². The van der Waals surface area contributed by atoms with Crippen molar-refractivity contribution in [2.75, 3.05) is 19.4 Å². The first-order valence-corrected chi connectivity index (χ1v) is 11.9. The standard InChI is InChI=1S/C26H31FN6O2/c1-14(28)20-10-19-11-24(34-3)32-33(19)22-7-6-18(27)9-21(22)15(2)35-23-8-17(13-31-26(23)29)25(20)30-12-16-4-5-16/h6-9,11,13-16,30H,4-5,10,12,28H2,1-3H3,(H2,29,31)/b25-20-/t14?,15-/m1/s1. The molecule has 1 aliphatic carbocycles. The van der Waals surface area contributed by atoms with E-state index in [2.05, 4.69) is 15.4 Å². The van der Waals surface area contributed by atoms with E-state index >= 15 is 0 Å². The summed E-state index contributed by atoms with van der Waals surface area (Å²) < 4.78 is 27.9. The van der Waals surface area contributed by atoms with E-state index < -0.39 is 6.10 Å². The Hall–Kier alpha value is -3.59. The fraction of sp³-hybridized carbons (Fsp3) is 0.385. The van der Waals surface area contributed by atoms with Crippen molar-refractivity contribution in [3.8, 4) is 17.3 Å². The van der Waals surface area contributed by atoms with Crippen LogP contribution in [-0.4, -0.2) is 34.5 Å². The Morgan fingerprint density at radius 2 is 2.09 bits per heavy atom. The number of nitrogens with one attached hydrogen (secondary N) is 1. The Kier molecular flexibility index (Phi) is 6.10. The third-order valence-corrected chi connectivity index (χ3v) is 6.61. The second-order valence-electron chi connectivity index (χ2n) is 9.35. The molecule has 35 heavy (non-hydrogen) atoms. The third-order valence-electron chi connectivity index (χ3n) is 6.61. The van der Waals surface area contributed by atoms with Crippen molar-refractivity contribution in [1.29, 1.82) is 0 Å². The normalized spacial score (nSPS) is 20.5. The summed E-state index contributed by atoms with van der Waals surface area (Å²) in [5.41, 5.74) is 17.7. The van der Waals surface area contributed by atoms with Crippen LogP contribution in [0, 0.1) is 11.7 Å². The van der Waals surface area contributed by atoms with Crippen molar-refractivity contribution in [2.24, 2.45) is 11.7 Å². The van der Waals surface area contributed by atoms with Gasteiger partial charge in [0, 0.05) is 48.1 Å². The van der Waals surface area contributed by atoms with Gasteiger partial charge in [0.2, 0.25) is 5.88 Å². The molecule has 3 heterocycles. The fourth-order valence-corrected chi connectivity index (χ4v) is 4.46. The lowest BCUT2D eigenvalue weighted by atomic mass is 9.96. The van der Waals surface area contributed by atoms with Gasteiger partial charge in [-0.3, -0.25) is 0 Å². The van der Waals surface area contributed by atoms with Crippen LogP contribution >= 0.6 is 0 Å². The molecule has 1 aromatic carbocycles. The lowest BCUT2D eigenvalue weighted by Crippen LogP contribution is -2.27. The highest BCUT2D eigenvalue weighted by Gasteiger charge is 2.26. The molecule has 2 bridgehead atoms. The number of methoxy groups -OCH3 is 1. The average molecular weight is 479 g/mol. The number of nitrogen functional groups attached to an aromatic ring is 1. The van der Waals surface area contributed by atoms with Gasteiger partial charge in [0.1, 0.15) is 11.9 Å². The second kappa shape index (κ2) is 9.22. The number of nitrogens with zero attached hydrogens (tertiary/aromatic N) is 3. The molecule has 2 aliphatic rings. The number of aromatic nitrogens is 3. The number of anilines is 1. The van der Waals surface area contributed by atoms with Crippen LogP contribution in [0.3, 0.4) is 0 Å². The maximum Gasteiger partial charge on any atom is 0.233 e.